The number of carbonyl (C=O) groups is 2. The zero-order chi connectivity index (χ0) is 42.7. The second kappa shape index (κ2) is 25.4. The lowest BCUT2D eigenvalue weighted by atomic mass is 10.0. The molecule has 0 saturated carbocycles. The van der Waals surface area contributed by atoms with Gasteiger partial charge in [0.25, 0.3) is 0 Å². The van der Waals surface area contributed by atoms with Crippen LogP contribution in [0.25, 0.3) is 0 Å². The standard InChI is InChI=1S/C37H59N17O6.ClH/c1-4-19-58-21-23-60-24-22-59-20-9-41-35-42-36(51-14-10-49(11-15-51)31(56)27-53-25-29(45-47-53)6-5-8-40-34(38)39)44-37(43-35)52-16-12-50(13-17-52)33(57)32(28(2)3)54-26-30(7-18-55)46-48-54;/h1,25-26,28,32,55H,5-24,27H2,2-3H3,(H4,38,39,40)(H,41,42,43,44);1H/t32-;/m1./s1. The van der Waals surface area contributed by atoms with Crippen LogP contribution in [0.4, 0.5) is 17.8 Å². The van der Waals surface area contributed by atoms with E-state index >= 15 is 0 Å². The number of hydrogen-bond acceptors (Lipinski definition) is 16. The molecule has 61 heavy (non-hydrogen) atoms. The average Bonchev–Trinajstić information content (AvgIpc) is 3.90. The van der Waals surface area contributed by atoms with Gasteiger partial charge >= 0.3 is 5.96 Å². The number of piperazine rings is 2. The van der Waals surface area contributed by atoms with Gasteiger partial charge in [-0.15, -0.1) is 16.6 Å². The largest absolute Gasteiger partial charge is 1.00 e. The van der Waals surface area contributed by atoms with E-state index in [0.29, 0.717) is 135 Å². The van der Waals surface area contributed by atoms with Crippen molar-refractivity contribution in [2.75, 3.05) is 127 Å². The molecule has 0 unspecified atom stereocenters. The molecule has 5 heterocycles. The lowest BCUT2D eigenvalue weighted by Gasteiger charge is -2.38. The van der Waals surface area contributed by atoms with Crippen molar-refractivity contribution in [2.24, 2.45) is 17.4 Å². The molecule has 7 N–H and O–H groups in total. The molecule has 2 amide bonds. The summed E-state index contributed by atoms with van der Waals surface area (Å²) in [5.74, 6) is 3.84. The summed E-state index contributed by atoms with van der Waals surface area (Å²) < 4.78 is 19.6. The van der Waals surface area contributed by atoms with Crippen LogP contribution in [-0.2, 0) is 43.2 Å². The molecule has 0 bridgehead atoms. The van der Waals surface area contributed by atoms with Gasteiger partial charge < -0.3 is 56.6 Å². The minimum absolute atomic E-state index is 0. The Hall–Kier alpha value is -5.41. The number of guanidine groups is 1. The second-order valence-corrected chi connectivity index (χ2v) is 14.6. The summed E-state index contributed by atoms with van der Waals surface area (Å²) in [5.41, 5.74) is 12.3. The smallest absolute Gasteiger partial charge is 0.338 e. The number of aromatic nitrogens is 9. The Labute approximate surface area is 362 Å². The Morgan fingerprint density at radius 1 is 0.852 bits per heavy atom. The summed E-state index contributed by atoms with van der Waals surface area (Å²) in [6.45, 7) is 11.3. The molecular formula is C37H60ClN17O6. The predicted molar refractivity (Wildman–Crippen MR) is 219 cm³/mol. The van der Waals surface area contributed by atoms with Crippen LogP contribution in [0.2, 0.25) is 0 Å². The number of aryl methyl sites for hydroxylation is 1. The molecule has 2 aliphatic rings. The fraction of sp³-hybridized carbons (Fsp3) is 0.676. The zero-order valence-corrected chi connectivity index (χ0v) is 35.8. The molecule has 2 saturated heterocycles. The van der Waals surface area contributed by atoms with Crippen LogP contribution in [-0.4, -0.2) is 189 Å². The summed E-state index contributed by atoms with van der Waals surface area (Å²) in [6.07, 6.45) is 10.5. The number of aliphatic hydroxyl groups excluding tert-OH is 1. The van der Waals surface area contributed by atoms with E-state index < -0.39 is 6.04 Å². The first kappa shape index (κ1) is 48.3. The molecule has 2 aliphatic heterocycles. The van der Waals surface area contributed by atoms with Crippen molar-refractivity contribution in [3.05, 3.63) is 23.8 Å². The number of carbonyl (C=O) groups excluding carboxylic acids is 2. The highest BCUT2D eigenvalue weighted by Crippen LogP contribution is 2.24. The van der Waals surface area contributed by atoms with Crippen LogP contribution < -0.4 is 44.0 Å². The summed E-state index contributed by atoms with van der Waals surface area (Å²) in [4.78, 5) is 52.1. The van der Waals surface area contributed by atoms with Crippen molar-refractivity contribution >= 4 is 35.6 Å². The highest BCUT2D eigenvalue weighted by atomic mass is 35.5. The third-order valence-electron chi connectivity index (χ3n) is 9.78. The molecule has 0 aliphatic carbocycles. The Kier molecular flexibility index (Phi) is 20.1. The molecule has 2 fully saturated rings. The monoisotopic (exact) mass is 873 g/mol. The first-order chi connectivity index (χ1) is 29.1. The second-order valence-electron chi connectivity index (χ2n) is 14.6. The number of nitrogens with one attached hydrogen (secondary N) is 2. The van der Waals surface area contributed by atoms with E-state index in [0.717, 1.165) is 12.1 Å². The number of amides is 2. The summed E-state index contributed by atoms with van der Waals surface area (Å²) in [5, 5.41) is 29.3. The van der Waals surface area contributed by atoms with Crippen molar-refractivity contribution in [3.8, 4) is 12.3 Å². The number of aliphatic hydroxyl groups is 1. The van der Waals surface area contributed by atoms with Gasteiger partial charge in [0.15, 0.2) is 0 Å². The van der Waals surface area contributed by atoms with Gasteiger partial charge in [0, 0.05) is 84.3 Å². The number of nitrogens with two attached hydrogens (primary N) is 2. The first-order valence-corrected chi connectivity index (χ1v) is 20.4. The highest BCUT2D eigenvalue weighted by molar-refractivity contribution is 5.81. The Morgan fingerprint density at radius 2 is 1.46 bits per heavy atom. The minimum Gasteiger partial charge on any atom is -1.00 e. The van der Waals surface area contributed by atoms with E-state index in [4.69, 9.17) is 47.1 Å². The summed E-state index contributed by atoms with van der Waals surface area (Å²) in [7, 11) is 0. The molecule has 5 rings (SSSR count). The van der Waals surface area contributed by atoms with Gasteiger partial charge in [0.05, 0.1) is 51.0 Å². The molecule has 24 heteroatoms. The third kappa shape index (κ3) is 15.2. The maximum Gasteiger partial charge on any atom is 0.338 e. The van der Waals surface area contributed by atoms with E-state index in [2.05, 4.69) is 41.8 Å². The van der Waals surface area contributed by atoms with Crippen LogP contribution in [0.5, 0.6) is 0 Å². The van der Waals surface area contributed by atoms with Gasteiger partial charge in [-0.2, -0.15) is 15.0 Å². The number of hydrogen-bond donors (Lipinski definition) is 5. The SMILES string of the molecule is C#CCOCCOCCOCCNc1nc(N2CCN(C(=O)Cn3cc(CCC[NH+]=C(N)N)nn3)CC2)nc(N2CCN(C(=O)[C@@H](C(C)C)n3cc(CCO)nn3)CC2)n1.[Cl-]. The maximum atomic E-state index is 13.8. The Bertz CT molecular complexity index is 1850. The molecule has 0 aromatic carbocycles. The number of halogens is 1. The van der Waals surface area contributed by atoms with E-state index in [1.165, 1.54) is 0 Å². The van der Waals surface area contributed by atoms with E-state index in [1.54, 1.807) is 21.8 Å². The number of anilines is 3. The fourth-order valence-corrected chi connectivity index (χ4v) is 6.64. The Morgan fingerprint density at radius 3 is 2.08 bits per heavy atom. The van der Waals surface area contributed by atoms with Crippen LogP contribution >= 0.6 is 0 Å². The lowest BCUT2D eigenvalue weighted by Crippen LogP contribution is -3.00. The molecule has 0 spiro atoms. The molecule has 3 aromatic heterocycles. The molecule has 0 radical (unpaired) electrons. The van der Waals surface area contributed by atoms with Gasteiger partial charge in [-0.3, -0.25) is 26.0 Å². The van der Waals surface area contributed by atoms with E-state index in [9.17, 15) is 14.7 Å². The Balaban J connectivity index is 0.00000819. The van der Waals surface area contributed by atoms with Crippen LogP contribution in [0.3, 0.4) is 0 Å². The van der Waals surface area contributed by atoms with E-state index in [-0.39, 0.29) is 55.9 Å². The van der Waals surface area contributed by atoms with Crippen molar-refractivity contribution in [3.63, 3.8) is 0 Å². The van der Waals surface area contributed by atoms with Gasteiger partial charge in [0.1, 0.15) is 19.2 Å². The van der Waals surface area contributed by atoms with Crippen LogP contribution in [0.1, 0.15) is 37.7 Å². The van der Waals surface area contributed by atoms with Crippen LogP contribution in [0.15, 0.2) is 12.4 Å². The summed E-state index contributed by atoms with van der Waals surface area (Å²) in [6, 6.07) is -0.522. The van der Waals surface area contributed by atoms with Gasteiger partial charge in [-0.25, -0.2) is 9.36 Å². The average molecular weight is 874 g/mol. The molecular weight excluding hydrogens is 814 g/mol. The van der Waals surface area contributed by atoms with Crippen molar-refractivity contribution < 1.29 is 46.3 Å². The fourth-order valence-electron chi connectivity index (χ4n) is 6.64. The minimum atomic E-state index is -0.522. The molecule has 1 atom stereocenters. The topological polar surface area (TPSA) is 273 Å². The lowest BCUT2D eigenvalue weighted by molar-refractivity contribution is -0.459. The quantitative estimate of drug-likeness (QED) is 0.0242. The van der Waals surface area contributed by atoms with Crippen molar-refractivity contribution in [1.29, 1.82) is 0 Å². The van der Waals surface area contributed by atoms with Gasteiger partial charge in [-0.1, -0.05) is 30.2 Å². The molecule has 23 nitrogen and oxygen atoms in total. The third-order valence-corrected chi connectivity index (χ3v) is 9.78. The number of rotatable bonds is 24. The van der Waals surface area contributed by atoms with Crippen molar-refractivity contribution in [2.45, 2.75) is 45.7 Å². The first-order valence-electron chi connectivity index (χ1n) is 20.4. The maximum absolute atomic E-state index is 13.8. The highest BCUT2D eigenvalue weighted by Gasteiger charge is 2.33. The number of ether oxygens (including phenoxy) is 3. The van der Waals surface area contributed by atoms with Crippen LogP contribution in [0, 0.1) is 18.3 Å². The number of nitrogens with zero attached hydrogens (tertiary/aromatic N) is 13. The molecule has 3 aromatic rings. The van der Waals surface area contributed by atoms with E-state index in [1.807, 2.05) is 28.5 Å². The summed E-state index contributed by atoms with van der Waals surface area (Å²) >= 11 is 0. The normalized spacial score (nSPS) is 14.7. The predicted octanol–water partition coefficient (Wildman–Crippen LogP) is -7.13. The van der Waals surface area contributed by atoms with Crippen molar-refractivity contribution in [1.82, 2.24) is 54.7 Å². The van der Waals surface area contributed by atoms with Gasteiger partial charge in [-0.05, 0) is 18.8 Å². The zero-order valence-electron chi connectivity index (χ0n) is 35.1. The van der Waals surface area contributed by atoms with Gasteiger partial charge in [0.2, 0.25) is 29.7 Å². The number of terminal acetylenes is 1. The molecule has 336 valence electrons.